The van der Waals surface area contributed by atoms with Crippen molar-refractivity contribution in [2.75, 3.05) is 19.6 Å². The van der Waals surface area contributed by atoms with Crippen LogP contribution in [0.25, 0.3) is 0 Å². The molecule has 2 N–H and O–H groups in total. The van der Waals surface area contributed by atoms with Crippen LogP contribution in [0.2, 0.25) is 0 Å². The van der Waals surface area contributed by atoms with Gasteiger partial charge >= 0.3 is 0 Å². The molecule has 3 heteroatoms. The number of hydrogen-bond donors (Lipinski definition) is 1. The van der Waals surface area contributed by atoms with Crippen LogP contribution in [0.3, 0.4) is 0 Å². The molecule has 1 unspecified atom stereocenters. The Morgan fingerprint density at radius 1 is 1.57 bits per heavy atom. The van der Waals surface area contributed by atoms with Gasteiger partial charge in [-0.15, -0.1) is 0 Å². The van der Waals surface area contributed by atoms with Crippen molar-refractivity contribution < 1.29 is 4.42 Å². The van der Waals surface area contributed by atoms with Crippen LogP contribution in [0.5, 0.6) is 0 Å². The van der Waals surface area contributed by atoms with Gasteiger partial charge in [0.2, 0.25) is 0 Å². The first kappa shape index (κ1) is 9.74. The highest BCUT2D eigenvalue weighted by atomic mass is 16.3. The largest absolute Gasteiger partial charge is 0.465 e. The summed E-state index contributed by atoms with van der Waals surface area (Å²) in [7, 11) is 0. The Morgan fingerprint density at radius 2 is 2.43 bits per heavy atom. The molecule has 0 spiro atoms. The molecule has 1 aromatic rings. The maximum Gasteiger partial charge on any atom is 0.118 e. The van der Waals surface area contributed by atoms with E-state index < -0.39 is 0 Å². The second-order valence-corrected chi connectivity index (χ2v) is 4.14. The van der Waals surface area contributed by atoms with Gasteiger partial charge in [-0.3, -0.25) is 4.90 Å². The van der Waals surface area contributed by atoms with E-state index in [4.69, 9.17) is 10.2 Å². The average molecular weight is 194 g/mol. The summed E-state index contributed by atoms with van der Waals surface area (Å²) in [6, 6.07) is 4.08. The molecule has 0 bridgehead atoms. The van der Waals surface area contributed by atoms with Crippen LogP contribution in [-0.4, -0.2) is 24.5 Å². The van der Waals surface area contributed by atoms with Crippen molar-refractivity contribution >= 4 is 0 Å². The third-order valence-corrected chi connectivity index (χ3v) is 2.88. The number of aryl methyl sites for hydroxylation is 1. The molecule has 1 aliphatic heterocycles. The lowest BCUT2D eigenvalue weighted by atomic mass is 10.1. The van der Waals surface area contributed by atoms with Crippen LogP contribution in [0.1, 0.15) is 17.9 Å². The lowest BCUT2D eigenvalue weighted by Gasteiger charge is -2.13. The van der Waals surface area contributed by atoms with Crippen LogP contribution in [0.15, 0.2) is 16.5 Å². The summed E-state index contributed by atoms with van der Waals surface area (Å²) < 4.78 is 5.54. The van der Waals surface area contributed by atoms with Crippen LogP contribution in [0, 0.1) is 12.8 Å². The van der Waals surface area contributed by atoms with Crippen molar-refractivity contribution in [1.82, 2.24) is 4.90 Å². The Labute approximate surface area is 84.9 Å². The number of likely N-dealkylation sites (tertiary alicyclic amines) is 1. The Morgan fingerprint density at radius 3 is 3.00 bits per heavy atom. The smallest absolute Gasteiger partial charge is 0.118 e. The number of hydrogen-bond acceptors (Lipinski definition) is 3. The first-order chi connectivity index (χ1) is 6.78. The molecule has 78 valence electrons. The summed E-state index contributed by atoms with van der Waals surface area (Å²) in [5.74, 6) is 2.75. The van der Waals surface area contributed by atoms with Gasteiger partial charge in [0.15, 0.2) is 0 Å². The SMILES string of the molecule is Cc1ccc(CN2CCC(CN)C2)o1. The maximum atomic E-state index is 5.64. The number of rotatable bonds is 3. The first-order valence-electron chi connectivity index (χ1n) is 5.25. The lowest BCUT2D eigenvalue weighted by Crippen LogP contribution is -2.22. The average Bonchev–Trinajstić information content (AvgIpc) is 2.76. The van der Waals surface area contributed by atoms with Gasteiger partial charge in [-0.05, 0) is 44.5 Å². The Kier molecular flexibility index (Phi) is 2.89. The van der Waals surface area contributed by atoms with E-state index in [0.717, 1.165) is 37.7 Å². The van der Waals surface area contributed by atoms with Gasteiger partial charge in [0.1, 0.15) is 11.5 Å². The van der Waals surface area contributed by atoms with E-state index in [9.17, 15) is 0 Å². The fourth-order valence-corrected chi connectivity index (χ4v) is 2.04. The summed E-state index contributed by atoms with van der Waals surface area (Å²) in [6.45, 7) is 6.01. The van der Waals surface area contributed by atoms with E-state index in [1.807, 2.05) is 13.0 Å². The number of nitrogens with zero attached hydrogens (tertiary/aromatic N) is 1. The highest BCUT2D eigenvalue weighted by molar-refractivity contribution is 5.05. The topological polar surface area (TPSA) is 42.4 Å². The standard InChI is InChI=1S/C11H18N2O/c1-9-2-3-11(14-9)8-13-5-4-10(6-12)7-13/h2-3,10H,4-8,12H2,1H3. The van der Waals surface area contributed by atoms with E-state index in [-0.39, 0.29) is 0 Å². The Hall–Kier alpha value is -0.800. The van der Waals surface area contributed by atoms with Crippen molar-refractivity contribution in [2.45, 2.75) is 19.9 Å². The van der Waals surface area contributed by atoms with Gasteiger partial charge in [0.05, 0.1) is 6.54 Å². The second-order valence-electron chi connectivity index (χ2n) is 4.14. The van der Waals surface area contributed by atoms with Crippen molar-refractivity contribution in [3.05, 3.63) is 23.7 Å². The normalized spacial score (nSPS) is 23.1. The van der Waals surface area contributed by atoms with Crippen LogP contribution in [-0.2, 0) is 6.54 Å². The van der Waals surface area contributed by atoms with Gasteiger partial charge in [0.25, 0.3) is 0 Å². The third kappa shape index (κ3) is 2.16. The monoisotopic (exact) mass is 194 g/mol. The van der Waals surface area contributed by atoms with E-state index in [2.05, 4.69) is 11.0 Å². The van der Waals surface area contributed by atoms with E-state index >= 15 is 0 Å². The minimum absolute atomic E-state index is 0.686. The molecule has 3 nitrogen and oxygen atoms in total. The molecule has 2 heterocycles. The quantitative estimate of drug-likeness (QED) is 0.790. The molecule has 1 aliphatic rings. The van der Waals surface area contributed by atoms with Gasteiger partial charge in [0, 0.05) is 6.54 Å². The van der Waals surface area contributed by atoms with Crippen molar-refractivity contribution in [3.63, 3.8) is 0 Å². The molecule has 0 saturated carbocycles. The minimum atomic E-state index is 0.686. The zero-order chi connectivity index (χ0) is 9.97. The van der Waals surface area contributed by atoms with Crippen LogP contribution < -0.4 is 5.73 Å². The van der Waals surface area contributed by atoms with Crippen molar-refractivity contribution in [3.8, 4) is 0 Å². The third-order valence-electron chi connectivity index (χ3n) is 2.88. The second kappa shape index (κ2) is 4.15. The molecule has 2 rings (SSSR count). The Bertz CT molecular complexity index is 295. The summed E-state index contributed by atoms with van der Waals surface area (Å²) in [5, 5.41) is 0. The van der Waals surface area contributed by atoms with Gasteiger partial charge < -0.3 is 10.2 Å². The molecule has 0 radical (unpaired) electrons. The van der Waals surface area contributed by atoms with Gasteiger partial charge in [-0.1, -0.05) is 0 Å². The highest BCUT2D eigenvalue weighted by Crippen LogP contribution is 2.18. The van der Waals surface area contributed by atoms with Crippen LogP contribution >= 0.6 is 0 Å². The maximum absolute atomic E-state index is 5.64. The van der Waals surface area contributed by atoms with E-state index in [1.165, 1.54) is 6.42 Å². The Balaban J connectivity index is 1.87. The van der Waals surface area contributed by atoms with E-state index in [0.29, 0.717) is 5.92 Å². The lowest BCUT2D eigenvalue weighted by molar-refractivity contribution is 0.285. The fraction of sp³-hybridized carbons (Fsp3) is 0.636. The van der Waals surface area contributed by atoms with Gasteiger partial charge in [-0.2, -0.15) is 0 Å². The number of nitrogens with two attached hydrogens (primary N) is 1. The fourth-order valence-electron chi connectivity index (χ4n) is 2.04. The molecular formula is C11H18N2O. The van der Waals surface area contributed by atoms with Gasteiger partial charge in [-0.25, -0.2) is 0 Å². The molecule has 0 amide bonds. The highest BCUT2D eigenvalue weighted by Gasteiger charge is 2.21. The zero-order valence-electron chi connectivity index (χ0n) is 8.70. The molecule has 14 heavy (non-hydrogen) atoms. The molecule has 1 atom stereocenters. The predicted molar refractivity (Wildman–Crippen MR) is 55.9 cm³/mol. The summed E-state index contributed by atoms with van der Waals surface area (Å²) in [4.78, 5) is 2.41. The zero-order valence-corrected chi connectivity index (χ0v) is 8.70. The van der Waals surface area contributed by atoms with Crippen LogP contribution in [0.4, 0.5) is 0 Å². The summed E-state index contributed by atoms with van der Waals surface area (Å²) in [6.07, 6.45) is 1.23. The molecule has 1 saturated heterocycles. The van der Waals surface area contributed by atoms with E-state index in [1.54, 1.807) is 0 Å². The van der Waals surface area contributed by atoms with Crippen molar-refractivity contribution in [2.24, 2.45) is 11.7 Å². The molecule has 1 fully saturated rings. The number of furan rings is 1. The predicted octanol–water partition coefficient (Wildman–Crippen LogP) is 1.37. The molecule has 0 aromatic carbocycles. The first-order valence-corrected chi connectivity index (χ1v) is 5.25. The molecule has 0 aliphatic carbocycles. The molecule has 1 aromatic heterocycles. The van der Waals surface area contributed by atoms with Crippen molar-refractivity contribution in [1.29, 1.82) is 0 Å². The minimum Gasteiger partial charge on any atom is -0.465 e. The summed E-state index contributed by atoms with van der Waals surface area (Å²) in [5.41, 5.74) is 5.64. The summed E-state index contributed by atoms with van der Waals surface area (Å²) >= 11 is 0. The molecular weight excluding hydrogens is 176 g/mol.